The van der Waals surface area contributed by atoms with Crippen LogP contribution in [0.1, 0.15) is 12.0 Å². The van der Waals surface area contributed by atoms with Gasteiger partial charge in [-0.15, -0.1) is 12.6 Å². The maximum Gasteiger partial charge on any atom is 0.235 e. The van der Waals surface area contributed by atoms with Crippen molar-refractivity contribution in [2.24, 2.45) is 0 Å². The normalized spacial score (nSPS) is 13.0. The number of hydrogen-bond acceptors (Lipinski definition) is 5. The van der Waals surface area contributed by atoms with Gasteiger partial charge in [0.05, 0.1) is 27.8 Å². The molecule has 0 radical (unpaired) electrons. The van der Waals surface area contributed by atoms with Crippen LogP contribution in [-0.2, 0) is 0 Å². The van der Waals surface area contributed by atoms with E-state index in [2.05, 4.69) is 70.0 Å². The van der Waals surface area contributed by atoms with Crippen molar-refractivity contribution in [3.05, 3.63) is 115 Å². The molecule has 8 rings (SSSR count). The molecule has 0 atom stereocenters. The van der Waals surface area contributed by atoms with Gasteiger partial charge < -0.3 is 0 Å². The summed E-state index contributed by atoms with van der Waals surface area (Å²) in [6.45, 7) is 0. The summed E-state index contributed by atoms with van der Waals surface area (Å²) >= 11 is 5.24. The number of fused-ring (bicyclic) bond motifs is 6. The lowest BCUT2D eigenvalue weighted by Gasteiger charge is -2.15. The molecule has 0 N–H and O–H groups in total. The van der Waals surface area contributed by atoms with Crippen LogP contribution in [0, 0.1) is 11.8 Å². The number of thiol groups is 1. The largest absolute Gasteiger partial charge is 0.275 e. The average Bonchev–Trinajstić information content (AvgIpc) is 3.15. The lowest BCUT2D eigenvalue weighted by molar-refractivity contribution is 1.00. The third-order valence-corrected chi connectivity index (χ3v) is 7.90. The molecule has 41 heavy (non-hydrogen) atoms. The fourth-order valence-corrected chi connectivity index (χ4v) is 6.18. The fraction of sp³-hybridized carbons (Fsp3) is 0.0286. The number of allylic oxidation sites excluding steroid dienone is 4. The van der Waals surface area contributed by atoms with Crippen LogP contribution < -0.4 is 0 Å². The molecule has 0 aliphatic heterocycles. The highest BCUT2D eigenvalue weighted by atomic mass is 32.1. The van der Waals surface area contributed by atoms with Crippen LogP contribution in [0.15, 0.2) is 114 Å². The molecule has 1 aliphatic rings. The Morgan fingerprint density at radius 3 is 2.46 bits per heavy atom. The number of nitrogens with zero attached hydrogens (tertiary/aromatic N) is 5. The van der Waals surface area contributed by atoms with E-state index in [9.17, 15) is 0 Å². The van der Waals surface area contributed by atoms with Gasteiger partial charge in [0.25, 0.3) is 0 Å². The first-order valence-corrected chi connectivity index (χ1v) is 13.8. The van der Waals surface area contributed by atoms with Crippen LogP contribution in [-0.4, -0.2) is 24.5 Å². The molecule has 6 heteroatoms. The van der Waals surface area contributed by atoms with E-state index in [1.54, 1.807) is 6.20 Å². The Balaban J connectivity index is 1.57. The van der Waals surface area contributed by atoms with Crippen LogP contribution in [0.2, 0.25) is 0 Å². The molecule has 4 aromatic heterocycles. The van der Waals surface area contributed by atoms with Gasteiger partial charge in [-0.05, 0) is 47.2 Å². The second kappa shape index (κ2) is 9.44. The highest BCUT2D eigenvalue weighted by Crippen LogP contribution is 2.44. The number of hydrogen-bond donors (Lipinski definition) is 1. The number of rotatable bonds is 3. The summed E-state index contributed by atoms with van der Waals surface area (Å²) in [6, 6.07) is 26.3. The number of para-hydroxylation sites is 1. The number of benzene rings is 3. The van der Waals surface area contributed by atoms with Crippen molar-refractivity contribution >= 4 is 61.8 Å². The first-order valence-electron chi connectivity index (χ1n) is 13.4. The smallest absolute Gasteiger partial charge is 0.235 e. The molecule has 0 saturated heterocycles. The Labute approximate surface area is 241 Å². The van der Waals surface area contributed by atoms with Gasteiger partial charge in [-0.25, -0.2) is 9.97 Å². The molecule has 1 aliphatic carbocycles. The molecule has 4 heterocycles. The zero-order valence-electron chi connectivity index (χ0n) is 21.8. The Bertz CT molecular complexity index is 2300. The van der Waals surface area contributed by atoms with E-state index in [1.165, 1.54) is 0 Å². The fourth-order valence-electron chi connectivity index (χ4n) is 5.73. The predicted octanol–water partition coefficient (Wildman–Crippen LogP) is 7.97. The van der Waals surface area contributed by atoms with Gasteiger partial charge in [-0.3, -0.25) is 14.5 Å². The summed E-state index contributed by atoms with van der Waals surface area (Å²) < 4.78 is 2.09. The Kier molecular flexibility index (Phi) is 5.44. The molecule has 0 fully saturated rings. The first kappa shape index (κ1) is 23.6. The number of pyridine rings is 2. The highest BCUT2D eigenvalue weighted by molar-refractivity contribution is 7.80. The van der Waals surface area contributed by atoms with Crippen LogP contribution in [0.4, 0.5) is 0 Å². The lowest BCUT2D eigenvalue weighted by Crippen LogP contribution is -2.05. The van der Waals surface area contributed by atoms with Gasteiger partial charge in [0.15, 0.2) is 0 Å². The molecule has 0 saturated carbocycles. The summed E-state index contributed by atoms with van der Waals surface area (Å²) in [4.78, 5) is 20.6. The minimum atomic E-state index is 0.537. The van der Waals surface area contributed by atoms with Crippen molar-refractivity contribution in [1.82, 2.24) is 24.5 Å². The molecule has 0 unspecified atom stereocenters. The van der Waals surface area contributed by atoms with Crippen LogP contribution in [0.5, 0.6) is 0 Å². The number of aromatic nitrogens is 5. The van der Waals surface area contributed by atoms with Gasteiger partial charge in [0.1, 0.15) is 5.69 Å². The van der Waals surface area contributed by atoms with Gasteiger partial charge in [-0.1, -0.05) is 72.5 Å². The van der Waals surface area contributed by atoms with Gasteiger partial charge in [-0.2, -0.15) is 0 Å². The van der Waals surface area contributed by atoms with E-state index >= 15 is 0 Å². The summed E-state index contributed by atoms with van der Waals surface area (Å²) in [5.74, 6) is 7.18. The lowest BCUT2D eigenvalue weighted by atomic mass is 9.95. The van der Waals surface area contributed by atoms with Crippen LogP contribution in [0.3, 0.4) is 0 Å². The van der Waals surface area contributed by atoms with Crippen molar-refractivity contribution < 1.29 is 0 Å². The van der Waals surface area contributed by atoms with Crippen molar-refractivity contribution in [3.63, 3.8) is 0 Å². The van der Waals surface area contributed by atoms with Crippen molar-refractivity contribution in [1.29, 1.82) is 0 Å². The summed E-state index contributed by atoms with van der Waals surface area (Å²) in [5, 5.41) is 4.12. The third kappa shape index (κ3) is 3.67. The molecule has 7 aromatic rings. The second-order valence-corrected chi connectivity index (χ2v) is 10.3. The minimum absolute atomic E-state index is 0.537. The molecule has 0 amide bonds. The quantitative estimate of drug-likeness (QED) is 0.181. The second-order valence-electron chi connectivity index (χ2n) is 9.82. The van der Waals surface area contributed by atoms with Crippen LogP contribution in [0.25, 0.3) is 66.5 Å². The van der Waals surface area contributed by atoms with Gasteiger partial charge in [0.2, 0.25) is 5.95 Å². The minimum Gasteiger partial charge on any atom is -0.275 e. The molecule has 0 bridgehead atoms. The third-order valence-electron chi connectivity index (χ3n) is 7.46. The van der Waals surface area contributed by atoms with Crippen LogP contribution >= 0.6 is 12.6 Å². The molecule has 5 nitrogen and oxygen atoms in total. The Morgan fingerprint density at radius 1 is 0.780 bits per heavy atom. The zero-order chi connectivity index (χ0) is 27.3. The maximum absolute atomic E-state index is 5.24. The monoisotopic (exact) mass is 543 g/mol. The summed E-state index contributed by atoms with van der Waals surface area (Å²) in [7, 11) is 0. The van der Waals surface area contributed by atoms with Gasteiger partial charge in [0, 0.05) is 45.6 Å². The molecule has 0 spiro atoms. The molecular formula is C35H21N5S. The van der Waals surface area contributed by atoms with Crippen molar-refractivity contribution in [3.8, 4) is 29.2 Å². The SMILES string of the molecule is Sc1c(C2=CC=CCC#C2)c2ccccc2c2c3ncccc3n(-c3nc(-c4ccccn4)c4ccccc4n3)c12. The first-order chi connectivity index (χ1) is 20.3. The molecule has 3 aromatic carbocycles. The van der Waals surface area contributed by atoms with Crippen molar-refractivity contribution in [2.75, 3.05) is 0 Å². The van der Waals surface area contributed by atoms with Gasteiger partial charge >= 0.3 is 0 Å². The van der Waals surface area contributed by atoms with E-state index in [4.69, 9.17) is 27.6 Å². The van der Waals surface area contributed by atoms with E-state index in [1.807, 2.05) is 54.7 Å². The van der Waals surface area contributed by atoms with Crippen molar-refractivity contribution in [2.45, 2.75) is 11.3 Å². The Morgan fingerprint density at radius 2 is 1.59 bits per heavy atom. The molecular weight excluding hydrogens is 522 g/mol. The Hall–Kier alpha value is -5.25. The molecule has 192 valence electrons. The average molecular weight is 544 g/mol. The highest BCUT2D eigenvalue weighted by Gasteiger charge is 2.24. The summed E-state index contributed by atoms with van der Waals surface area (Å²) in [5.41, 5.74) is 6.99. The predicted molar refractivity (Wildman–Crippen MR) is 169 cm³/mol. The summed E-state index contributed by atoms with van der Waals surface area (Å²) in [6.07, 6.45) is 10.5. The van der Waals surface area contributed by atoms with E-state index in [0.29, 0.717) is 12.4 Å². The van der Waals surface area contributed by atoms with E-state index < -0.39 is 0 Å². The zero-order valence-corrected chi connectivity index (χ0v) is 22.7. The van der Waals surface area contributed by atoms with E-state index in [0.717, 1.165) is 71.0 Å². The standard InChI is InChI=1S/C35H21N5S/c41-34-29(22-12-3-1-2-4-13-22)23-14-5-6-15-24(23)30-32-28(19-11-21-37-32)40(33(30)34)35-38-26-17-8-7-16-25(26)31(39-35)27-18-9-10-20-36-27/h1,3,5-12,14-21,41H,2H2. The van der Waals surface area contributed by atoms with E-state index in [-0.39, 0.29) is 0 Å². The maximum atomic E-state index is 5.24. The topological polar surface area (TPSA) is 56.5 Å².